The molecule has 6 heteroatoms. The molecule has 1 aliphatic rings. The number of rotatable bonds is 4. The van der Waals surface area contributed by atoms with Crippen LogP contribution in [0, 0.1) is 0 Å². The summed E-state index contributed by atoms with van der Waals surface area (Å²) in [5, 5.41) is 1.85. The molecule has 3 aromatic rings. The Morgan fingerprint density at radius 3 is 2.67 bits per heavy atom. The van der Waals surface area contributed by atoms with Gasteiger partial charge in [-0.25, -0.2) is 4.79 Å². The van der Waals surface area contributed by atoms with E-state index in [1.165, 1.54) is 11.3 Å². The van der Waals surface area contributed by atoms with Gasteiger partial charge in [0.2, 0.25) is 0 Å². The summed E-state index contributed by atoms with van der Waals surface area (Å²) in [4.78, 5) is 27.8. The number of nitrogens with zero attached hydrogens (tertiary/aromatic N) is 2. The van der Waals surface area contributed by atoms with E-state index in [9.17, 15) is 9.59 Å². The lowest BCUT2D eigenvalue weighted by Gasteiger charge is -2.31. The summed E-state index contributed by atoms with van der Waals surface area (Å²) in [5.74, 6) is -0.658. The third-order valence-electron chi connectivity index (χ3n) is 4.72. The molecule has 5 nitrogen and oxygen atoms in total. The van der Waals surface area contributed by atoms with E-state index in [2.05, 4.69) is 0 Å². The van der Waals surface area contributed by atoms with Crippen LogP contribution in [0.5, 0.6) is 0 Å². The maximum Gasteiger partial charge on any atom is 0.351 e. The van der Waals surface area contributed by atoms with Crippen molar-refractivity contribution in [2.45, 2.75) is 25.9 Å². The van der Waals surface area contributed by atoms with Crippen LogP contribution in [0.15, 0.2) is 60.2 Å². The molecule has 138 valence electrons. The second-order valence-electron chi connectivity index (χ2n) is 6.49. The van der Waals surface area contributed by atoms with E-state index in [0.717, 1.165) is 29.8 Å². The van der Waals surface area contributed by atoms with Crippen LogP contribution >= 0.6 is 11.3 Å². The topological polar surface area (TPSA) is 51.5 Å². The fourth-order valence-electron chi connectivity index (χ4n) is 3.40. The molecule has 0 saturated carbocycles. The van der Waals surface area contributed by atoms with Crippen molar-refractivity contribution in [2.24, 2.45) is 0 Å². The molecule has 0 fully saturated rings. The lowest BCUT2D eigenvalue weighted by atomic mass is 10.0. The van der Waals surface area contributed by atoms with E-state index in [1.807, 2.05) is 64.8 Å². The highest BCUT2D eigenvalue weighted by Crippen LogP contribution is 2.28. The van der Waals surface area contributed by atoms with Crippen molar-refractivity contribution < 1.29 is 14.3 Å². The molecule has 1 unspecified atom stereocenters. The number of fused-ring (bicyclic) bond motifs is 1. The van der Waals surface area contributed by atoms with E-state index in [1.54, 1.807) is 11.8 Å². The average Bonchev–Trinajstić information content (AvgIpc) is 3.38. The Labute approximate surface area is 161 Å². The van der Waals surface area contributed by atoms with E-state index < -0.39 is 12.1 Å². The van der Waals surface area contributed by atoms with E-state index >= 15 is 0 Å². The molecule has 2 aromatic heterocycles. The van der Waals surface area contributed by atoms with Crippen molar-refractivity contribution in [3.63, 3.8) is 0 Å². The number of benzene rings is 1. The van der Waals surface area contributed by atoms with Gasteiger partial charge in [-0.1, -0.05) is 18.2 Å². The van der Waals surface area contributed by atoms with Gasteiger partial charge in [0.1, 0.15) is 4.88 Å². The second-order valence-corrected chi connectivity index (χ2v) is 7.41. The van der Waals surface area contributed by atoms with Crippen molar-refractivity contribution in [3.8, 4) is 5.69 Å². The molecular weight excluding hydrogens is 360 g/mol. The van der Waals surface area contributed by atoms with Crippen LogP contribution in [0.1, 0.15) is 28.6 Å². The summed E-state index contributed by atoms with van der Waals surface area (Å²) >= 11 is 1.31. The van der Waals surface area contributed by atoms with Gasteiger partial charge in [0.25, 0.3) is 5.91 Å². The zero-order valence-corrected chi connectivity index (χ0v) is 15.8. The Bertz CT molecular complexity index is 961. The zero-order valence-electron chi connectivity index (χ0n) is 15.0. The Hall–Kier alpha value is -2.86. The predicted molar refractivity (Wildman–Crippen MR) is 106 cm³/mol. The molecule has 1 atom stereocenters. The molecule has 0 radical (unpaired) electrons. The summed E-state index contributed by atoms with van der Waals surface area (Å²) < 4.78 is 7.39. The quantitative estimate of drug-likeness (QED) is 0.641. The number of carbonyl (C=O) groups is 2. The molecule has 1 aromatic carbocycles. The second kappa shape index (κ2) is 7.40. The highest BCUT2D eigenvalue weighted by atomic mass is 32.1. The Balaban J connectivity index is 1.50. The summed E-state index contributed by atoms with van der Waals surface area (Å²) in [6, 6.07) is 13.6. The number of esters is 1. The average molecular weight is 380 g/mol. The van der Waals surface area contributed by atoms with Crippen LogP contribution in [-0.2, 0) is 16.0 Å². The maximum absolute atomic E-state index is 12.9. The van der Waals surface area contributed by atoms with Gasteiger partial charge < -0.3 is 14.2 Å². The molecule has 0 spiro atoms. The smallest absolute Gasteiger partial charge is 0.351 e. The van der Waals surface area contributed by atoms with Crippen LogP contribution < -0.4 is 4.90 Å². The van der Waals surface area contributed by atoms with Gasteiger partial charge in [-0.3, -0.25) is 4.79 Å². The van der Waals surface area contributed by atoms with Crippen molar-refractivity contribution in [1.82, 2.24) is 4.57 Å². The summed E-state index contributed by atoms with van der Waals surface area (Å²) in [7, 11) is 0. The highest BCUT2D eigenvalue weighted by molar-refractivity contribution is 7.12. The molecule has 1 aliphatic heterocycles. The number of amides is 1. The van der Waals surface area contributed by atoms with Gasteiger partial charge in [0.15, 0.2) is 6.10 Å². The Kier molecular flexibility index (Phi) is 4.81. The van der Waals surface area contributed by atoms with Gasteiger partial charge in [0.05, 0.1) is 5.69 Å². The van der Waals surface area contributed by atoms with Crippen molar-refractivity contribution in [2.75, 3.05) is 11.4 Å². The minimum absolute atomic E-state index is 0.186. The first-order valence-corrected chi connectivity index (χ1v) is 9.84. The standard InChI is InChI=1S/C21H20N2O3S/c1-15(20(24)23-13-6-8-16-7-2-3-9-17(16)23)26-21(25)19-18(10-14-27-19)22-11-4-5-12-22/h2-5,7,9-12,14-15H,6,8,13H2,1H3. The van der Waals surface area contributed by atoms with Crippen LogP contribution in [0.25, 0.3) is 5.69 Å². The van der Waals surface area contributed by atoms with Gasteiger partial charge in [-0.2, -0.15) is 0 Å². The van der Waals surface area contributed by atoms with Gasteiger partial charge in [0, 0.05) is 24.6 Å². The largest absolute Gasteiger partial charge is 0.448 e. The Morgan fingerprint density at radius 2 is 1.85 bits per heavy atom. The highest BCUT2D eigenvalue weighted by Gasteiger charge is 2.29. The normalized spacial score (nSPS) is 14.5. The lowest BCUT2D eigenvalue weighted by molar-refractivity contribution is -0.126. The number of aryl methyl sites for hydroxylation is 1. The molecular formula is C21H20N2O3S. The van der Waals surface area contributed by atoms with Gasteiger partial charge in [-0.05, 0) is 55.0 Å². The van der Waals surface area contributed by atoms with E-state index in [-0.39, 0.29) is 5.91 Å². The van der Waals surface area contributed by atoms with E-state index in [4.69, 9.17) is 4.74 Å². The summed E-state index contributed by atoms with van der Waals surface area (Å²) in [6.07, 6.45) is 4.77. The first-order chi connectivity index (χ1) is 13.1. The molecule has 27 heavy (non-hydrogen) atoms. The molecule has 0 N–H and O–H groups in total. The summed E-state index contributed by atoms with van der Waals surface area (Å²) in [5.41, 5.74) is 2.84. The van der Waals surface area contributed by atoms with Crippen LogP contribution in [0.2, 0.25) is 0 Å². The fraction of sp³-hybridized carbons (Fsp3) is 0.238. The molecule has 0 bridgehead atoms. The van der Waals surface area contributed by atoms with Crippen molar-refractivity contribution in [3.05, 3.63) is 70.7 Å². The predicted octanol–water partition coefficient (Wildman–Crippen LogP) is 4.06. The number of aromatic nitrogens is 1. The van der Waals surface area contributed by atoms with Crippen LogP contribution in [0.3, 0.4) is 0 Å². The van der Waals surface area contributed by atoms with E-state index in [0.29, 0.717) is 11.4 Å². The first-order valence-electron chi connectivity index (χ1n) is 8.96. The monoisotopic (exact) mass is 380 g/mol. The molecule has 3 heterocycles. The molecule has 4 rings (SSSR count). The third-order valence-corrected chi connectivity index (χ3v) is 5.60. The van der Waals surface area contributed by atoms with Crippen LogP contribution in [0.4, 0.5) is 5.69 Å². The minimum Gasteiger partial charge on any atom is -0.448 e. The molecule has 1 amide bonds. The van der Waals surface area contributed by atoms with Gasteiger partial charge in [-0.15, -0.1) is 11.3 Å². The number of para-hydroxylation sites is 1. The molecule has 0 aliphatic carbocycles. The van der Waals surface area contributed by atoms with Crippen LogP contribution in [-0.4, -0.2) is 29.1 Å². The number of hydrogen-bond acceptors (Lipinski definition) is 4. The SMILES string of the molecule is CC(OC(=O)c1sccc1-n1cccc1)C(=O)N1CCCc2ccccc21. The summed E-state index contributed by atoms with van der Waals surface area (Å²) in [6.45, 7) is 2.28. The van der Waals surface area contributed by atoms with Crippen molar-refractivity contribution >= 4 is 28.9 Å². The first kappa shape index (κ1) is 17.5. The fourth-order valence-corrected chi connectivity index (χ4v) is 4.17. The zero-order chi connectivity index (χ0) is 18.8. The maximum atomic E-state index is 12.9. The van der Waals surface area contributed by atoms with Gasteiger partial charge >= 0.3 is 5.97 Å². The number of thiophene rings is 1. The number of ether oxygens (including phenoxy) is 1. The molecule has 0 saturated heterocycles. The number of anilines is 1. The number of hydrogen-bond donors (Lipinski definition) is 0. The third kappa shape index (κ3) is 3.40. The van der Waals surface area contributed by atoms with Crippen molar-refractivity contribution in [1.29, 1.82) is 0 Å². The minimum atomic E-state index is -0.844. The lowest BCUT2D eigenvalue weighted by Crippen LogP contribution is -2.42. The number of carbonyl (C=O) groups excluding carboxylic acids is 2. The Morgan fingerprint density at radius 1 is 1.07 bits per heavy atom.